The second kappa shape index (κ2) is 27.6. The van der Waals surface area contributed by atoms with Crippen molar-refractivity contribution in [2.24, 2.45) is 5.73 Å². The van der Waals surface area contributed by atoms with Gasteiger partial charge in [-0.15, -0.1) is 0 Å². The summed E-state index contributed by atoms with van der Waals surface area (Å²) in [6.45, 7) is 2.33. The molecule has 95 heavy (non-hydrogen) atoms. The molecule has 6 amide bonds. The Bertz CT molecular complexity index is 4270. The van der Waals surface area contributed by atoms with Crippen molar-refractivity contribution in [1.29, 1.82) is 0 Å². The summed E-state index contributed by atoms with van der Waals surface area (Å²) in [4.78, 5) is 105. The van der Waals surface area contributed by atoms with E-state index in [0.717, 1.165) is 93.1 Å². The molecular formula is C67H64Cl2N8O18. The molecule has 13 rings (SSSR count). The van der Waals surface area contributed by atoms with Crippen molar-refractivity contribution in [3.05, 3.63) is 164 Å². The summed E-state index contributed by atoms with van der Waals surface area (Å²) in [6, 6.07) is 7.61. The third-order valence-corrected chi connectivity index (χ3v) is 17.3. The third-order valence-electron chi connectivity index (χ3n) is 16.7. The second-order valence-corrected chi connectivity index (χ2v) is 24.1. The molecule has 6 aliphatic heterocycles. The van der Waals surface area contributed by atoms with Crippen LogP contribution in [-0.4, -0.2) is 101 Å². The minimum Gasteiger partial charge on any atom is -0.508 e. The molecule has 7 aromatic carbocycles. The Labute approximate surface area is 550 Å². The van der Waals surface area contributed by atoms with Gasteiger partial charge in [-0.05, 0) is 125 Å². The van der Waals surface area contributed by atoms with E-state index in [2.05, 4.69) is 44.1 Å². The van der Waals surface area contributed by atoms with Crippen LogP contribution in [0, 0.1) is 0 Å². The molecule has 0 fully saturated rings. The third kappa shape index (κ3) is 13.9. The fraction of sp³-hybridized carbons (Fsp3) is 0.269. The molecule has 17 bridgehead atoms. The minimum absolute atomic E-state index is 0.120. The number of hydrogen-bond acceptors (Lipinski definition) is 19. The molecule has 1 unspecified atom stereocenters. The number of phenols is 6. The quantitative estimate of drug-likeness (QED) is 0.0591. The summed E-state index contributed by atoms with van der Waals surface area (Å²) in [5.41, 5.74) is 4.37. The molecule has 7 aromatic rings. The van der Waals surface area contributed by atoms with E-state index in [4.69, 9.17) is 43.1 Å². The second-order valence-electron chi connectivity index (χ2n) is 23.3. The SMILES string of the molecule is CCCCCCCCNCc1c(O)cc2c(c1O)-c1cc(ccc1O)[C@@H]1NC(=O)[C@H]3NC(=O)[C@H]4NC(=O)[C@H](Cc5ccc(c(Cl)c5)Oc5cc3cc(c5O)Oc3ccc(cc3Cl)C(O)[C@H](NC1=O)C(=O)N[C@@H]2C(=O)O)NC(=O)[C@H](N)c1ccc(O)c(c1)Oc1cc(O)cc4c1. The maximum atomic E-state index is 15.9. The van der Waals surface area contributed by atoms with Gasteiger partial charge in [-0.2, -0.15) is 0 Å². The normalized spacial score (nSPS) is 21.0. The zero-order chi connectivity index (χ0) is 67.7. The smallest absolute Gasteiger partial charge is 0.330 e. The van der Waals surface area contributed by atoms with Crippen molar-refractivity contribution in [3.63, 3.8) is 0 Å². The average Bonchev–Trinajstić information content (AvgIpc) is 0.767. The molecule has 17 N–H and O–H groups in total. The summed E-state index contributed by atoms with van der Waals surface area (Å²) >= 11 is 13.8. The molecule has 8 atom stereocenters. The number of fused-ring (bicyclic) bond motifs is 14. The zero-order valence-electron chi connectivity index (χ0n) is 50.4. The maximum absolute atomic E-state index is 15.9. The number of carbonyl (C=O) groups excluding carboxylic acids is 6. The first-order valence-corrected chi connectivity index (χ1v) is 31.0. The van der Waals surface area contributed by atoms with E-state index < -0.39 is 147 Å². The van der Waals surface area contributed by atoms with Crippen molar-refractivity contribution >= 4 is 64.6 Å². The van der Waals surface area contributed by atoms with Crippen molar-refractivity contribution < 1.29 is 88.6 Å². The van der Waals surface area contributed by atoms with Crippen molar-refractivity contribution in [1.82, 2.24) is 37.2 Å². The van der Waals surface area contributed by atoms with Gasteiger partial charge in [-0.25, -0.2) is 4.79 Å². The van der Waals surface area contributed by atoms with E-state index in [-0.39, 0.29) is 85.0 Å². The fourth-order valence-electron chi connectivity index (χ4n) is 11.7. The largest absolute Gasteiger partial charge is 0.508 e. The molecule has 26 nitrogen and oxygen atoms in total. The van der Waals surface area contributed by atoms with Gasteiger partial charge in [0.05, 0.1) is 15.6 Å². The van der Waals surface area contributed by atoms with Gasteiger partial charge >= 0.3 is 5.97 Å². The first-order chi connectivity index (χ1) is 45.4. The van der Waals surface area contributed by atoms with Crippen LogP contribution >= 0.6 is 23.2 Å². The first kappa shape index (κ1) is 66.0. The van der Waals surface area contributed by atoms with Crippen LogP contribution in [0.4, 0.5) is 0 Å². The molecular weight excluding hydrogens is 1280 g/mol. The van der Waals surface area contributed by atoms with E-state index in [0.29, 0.717) is 12.1 Å². The number of unbranched alkanes of at least 4 members (excludes halogenated alkanes) is 5. The number of amides is 6. The number of aliphatic carboxylic acids is 1. The highest BCUT2D eigenvalue weighted by Crippen LogP contribution is 2.49. The van der Waals surface area contributed by atoms with Crippen LogP contribution in [0.2, 0.25) is 10.0 Å². The van der Waals surface area contributed by atoms with Crippen LogP contribution in [0.1, 0.15) is 126 Å². The van der Waals surface area contributed by atoms with Crippen LogP contribution in [0.5, 0.6) is 69.0 Å². The first-order valence-electron chi connectivity index (χ1n) is 30.2. The van der Waals surface area contributed by atoms with E-state index in [1.807, 2.05) is 0 Å². The Balaban J connectivity index is 1.11. The highest BCUT2D eigenvalue weighted by molar-refractivity contribution is 6.32. The molecule has 6 heterocycles. The lowest BCUT2D eigenvalue weighted by Crippen LogP contribution is -2.55. The Morgan fingerprint density at radius 2 is 1.15 bits per heavy atom. The van der Waals surface area contributed by atoms with Crippen LogP contribution in [-0.2, 0) is 46.5 Å². The zero-order valence-corrected chi connectivity index (χ0v) is 51.9. The number of carboxylic acids is 1. The fourth-order valence-corrected chi connectivity index (χ4v) is 12.2. The average molecular weight is 1340 g/mol. The molecule has 0 aromatic heterocycles. The molecule has 0 aliphatic carbocycles. The number of hydrogen-bond donors (Lipinski definition) is 16. The Morgan fingerprint density at radius 3 is 1.83 bits per heavy atom. The van der Waals surface area contributed by atoms with E-state index in [1.54, 1.807) is 0 Å². The van der Waals surface area contributed by atoms with Gasteiger partial charge in [-0.3, -0.25) is 28.8 Å². The van der Waals surface area contributed by atoms with Crippen LogP contribution in [0.25, 0.3) is 11.1 Å². The van der Waals surface area contributed by atoms with Crippen molar-refractivity contribution in [2.45, 2.75) is 107 Å². The topological polar surface area (TPSA) is 419 Å². The number of benzene rings is 7. The highest BCUT2D eigenvalue weighted by Gasteiger charge is 2.42. The van der Waals surface area contributed by atoms with Gasteiger partial charge in [0.1, 0.15) is 82.6 Å². The van der Waals surface area contributed by atoms with E-state index >= 15 is 14.4 Å². The summed E-state index contributed by atoms with van der Waals surface area (Å²) in [6.07, 6.45) is 3.26. The van der Waals surface area contributed by atoms with Gasteiger partial charge in [0, 0.05) is 35.7 Å². The summed E-state index contributed by atoms with van der Waals surface area (Å²) in [7, 11) is 0. The molecule has 494 valence electrons. The summed E-state index contributed by atoms with van der Waals surface area (Å²) in [5.74, 6) is -14.7. The Hall–Kier alpha value is -10.5. The van der Waals surface area contributed by atoms with Gasteiger partial charge in [-0.1, -0.05) is 86.5 Å². The lowest BCUT2D eigenvalue weighted by atomic mass is 9.88. The van der Waals surface area contributed by atoms with Gasteiger partial charge < -0.3 is 98.0 Å². The Morgan fingerprint density at radius 1 is 0.547 bits per heavy atom. The maximum Gasteiger partial charge on any atom is 0.330 e. The number of aliphatic hydroxyl groups excluding tert-OH is 1. The number of carboxylic acid groups (broad SMARTS) is 1. The molecule has 28 heteroatoms. The number of nitrogens with one attached hydrogen (secondary N) is 7. The number of phenolic OH excluding ortho intramolecular Hbond substituents is 6. The molecule has 0 radical (unpaired) electrons. The van der Waals surface area contributed by atoms with Crippen molar-refractivity contribution in [3.8, 4) is 80.1 Å². The standard InChI is InChI=1S/C67H64Cl2N8O18/c1-2-3-4-5-6-7-16-71-28-39-45(81)27-38-51(59(39)83)37-21-31(10-12-43(37)79)53-63(87)77-57(66(90)76-56(38)67(91)92)58(82)32-11-15-47(41(69)22-32)95-50-25-34-24-49(60(50)84)94-46-14-8-29(17-40(46)68)18-42-61(85)73-54(64(88)75-55(34)65(89)74-53)33-19-35(78)26-36(20-33)93-48-23-30(9-13-44(48)80)52(70)62(86)72-42/h8-15,17,19-27,42,52-58,71,78-84H,2-7,16,18,28,70H2,1H3,(H,72,86)(H,73,85)(H,74,89)(H,75,88)(H,76,90)(H,77,87)(H,91,92)/t42-,52+,53-,54-,55-,56-,57-,58?/m0/s1. The van der Waals surface area contributed by atoms with Crippen LogP contribution < -0.4 is 57.2 Å². The predicted molar refractivity (Wildman–Crippen MR) is 340 cm³/mol. The van der Waals surface area contributed by atoms with Crippen molar-refractivity contribution in [2.75, 3.05) is 6.54 Å². The van der Waals surface area contributed by atoms with Gasteiger partial charge in [0.15, 0.2) is 29.0 Å². The number of aromatic hydroxyl groups is 6. The number of halogens is 2. The number of rotatable bonds is 10. The lowest BCUT2D eigenvalue weighted by Gasteiger charge is -2.31. The number of nitrogens with two attached hydrogens (primary N) is 1. The molecule has 0 saturated heterocycles. The van der Waals surface area contributed by atoms with Crippen LogP contribution in [0.15, 0.2) is 109 Å². The van der Waals surface area contributed by atoms with E-state index in [1.165, 1.54) is 54.6 Å². The summed E-state index contributed by atoms with van der Waals surface area (Å²) < 4.78 is 18.5. The van der Waals surface area contributed by atoms with E-state index in [9.17, 15) is 60.0 Å². The number of carbonyl (C=O) groups is 7. The Kier molecular flexibility index (Phi) is 19.2. The summed E-state index contributed by atoms with van der Waals surface area (Å²) in [5, 5.41) is 111. The molecule has 0 saturated carbocycles. The van der Waals surface area contributed by atoms with Gasteiger partial charge in [0.25, 0.3) is 0 Å². The highest BCUT2D eigenvalue weighted by atomic mass is 35.5. The lowest BCUT2D eigenvalue weighted by molar-refractivity contribution is -0.143. The molecule has 0 spiro atoms. The molecule has 6 aliphatic rings. The predicted octanol–water partition coefficient (Wildman–Crippen LogP) is 7.43. The van der Waals surface area contributed by atoms with Gasteiger partial charge in [0.2, 0.25) is 41.2 Å². The number of aliphatic hydroxyl groups is 1. The van der Waals surface area contributed by atoms with Crippen LogP contribution in [0.3, 0.4) is 0 Å². The minimum atomic E-state index is -2.21. The monoisotopic (exact) mass is 1340 g/mol. The number of ether oxygens (including phenoxy) is 3.